The van der Waals surface area contributed by atoms with Crippen LogP contribution in [0.5, 0.6) is 0 Å². The number of halogens is 2. The number of aryl methyl sites for hydroxylation is 1. The maximum Gasteiger partial charge on any atom is 0.255 e. The Kier molecular flexibility index (Phi) is 5.16. The summed E-state index contributed by atoms with van der Waals surface area (Å²) in [4.78, 5) is 16.5. The van der Waals surface area contributed by atoms with E-state index in [1.165, 1.54) is 16.7 Å². The highest BCUT2D eigenvalue weighted by Crippen LogP contribution is 2.18. The van der Waals surface area contributed by atoms with Crippen molar-refractivity contribution in [1.29, 1.82) is 0 Å². The van der Waals surface area contributed by atoms with Crippen molar-refractivity contribution < 1.29 is 4.39 Å². The number of hydrogen-bond acceptors (Lipinski definition) is 2. The van der Waals surface area contributed by atoms with E-state index in [9.17, 15) is 9.18 Å². The summed E-state index contributed by atoms with van der Waals surface area (Å²) in [7, 11) is 0. The van der Waals surface area contributed by atoms with Crippen molar-refractivity contribution in [2.75, 3.05) is 0 Å². The van der Waals surface area contributed by atoms with Crippen molar-refractivity contribution in [2.45, 2.75) is 27.7 Å². The third-order valence-electron chi connectivity index (χ3n) is 3.52. The molecule has 1 heterocycles. The van der Waals surface area contributed by atoms with E-state index in [0.717, 1.165) is 16.7 Å². The minimum atomic E-state index is -0.452. The Hall–Kier alpha value is -2.20. The molecule has 0 N–H and O–H groups in total. The summed E-state index contributed by atoms with van der Waals surface area (Å²) in [6.07, 6.45) is 1.61. The van der Waals surface area contributed by atoms with Gasteiger partial charge in [-0.2, -0.15) is 0 Å². The van der Waals surface area contributed by atoms with Gasteiger partial charge in [0, 0.05) is 23.5 Å². The average Bonchev–Trinajstić information content (AvgIpc) is 2.48. The summed E-state index contributed by atoms with van der Waals surface area (Å²) in [6, 6.07) is 7.65. The van der Waals surface area contributed by atoms with Gasteiger partial charge in [-0.05, 0) is 51.0 Å². The van der Waals surface area contributed by atoms with Gasteiger partial charge in [0.2, 0.25) is 0 Å². The van der Waals surface area contributed by atoms with Gasteiger partial charge < -0.3 is 0 Å². The van der Waals surface area contributed by atoms with Gasteiger partial charge in [0.15, 0.2) is 0 Å². The zero-order chi connectivity index (χ0) is 17.1. The Morgan fingerprint density at radius 1 is 1.26 bits per heavy atom. The van der Waals surface area contributed by atoms with Crippen LogP contribution in [0.3, 0.4) is 0 Å². The van der Waals surface area contributed by atoms with E-state index in [1.807, 2.05) is 20.8 Å². The second-order valence-electron chi connectivity index (χ2n) is 5.50. The van der Waals surface area contributed by atoms with E-state index < -0.39 is 5.82 Å². The maximum absolute atomic E-state index is 14.1. The second-order valence-corrected chi connectivity index (χ2v) is 5.86. The first-order valence-corrected chi connectivity index (χ1v) is 7.56. The minimum Gasteiger partial charge on any atom is -0.278 e. The summed E-state index contributed by atoms with van der Waals surface area (Å²) < 4.78 is 15.4. The van der Waals surface area contributed by atoms with Crippen LogP contribution >= 0.6 is 11.6 Å². The molecule has 5 heteroatoms. The van der Waals surface area contributed by atoms with Crippen LogP contribution in [0, 0.1) is 19.7 Å². The quantitative estimate of drug-likeness (QED) is 0.602. The Bertz CT molecular complexity index is 862. The van der Waals surface area contributed by atoms with E-state index in [4.69, 9.17) is 11.6 Å². The summed E-state index contributed by atoms with van der Waals surface area (Å²) in [5.74, 6) is -0.452. The largest absolute Gasteiger partial charge is 0.278 e. The van der Waals surface area contributed by atoms with Crippen LogP contribution in [0.25, 0.3) is 5.69 Å². The minimum absolute atomic E-state index is 0.220. The monoisotopic (exact) mass is 332 g/mol. The lowest BCUT2D eigenvalue weighted by Gasteiger charge is -2.14. The molecule has 0 fully saturated rings. The molecule has 0 aliphatic carbocycles. The van der Waals surface area contributed by atoms with Gasteiger partial charge in [-0.3, -0.25) is 9.36 Å². The van der Waals surface area contributed by atoms with Crippen molar-refractivity contribution in [1.82, 2.24) is 4.57 Å². The number of pyridine rings is 1. The van der Waals surface area contributed by atoms with Crippen LogP contribution < -0.4 is 5.56 Å². The lowest BCUT2D eigenvalue weighted by Crippen LogP contribution is -2.23. The fourth-order valence-corrected chi connectivity index (χ4v) is 2.33. The molecule has 0 aliphatic rings. The number of allylic oxidation sites excluding steroid dienone is 1. The van der Waals surface area contributed by atoms with Crippen LogP contribution in [0.1, 0.15) is 30.7 Å². The first-order chi connectivity index (χ1) is 10.8. The molecule has 0 saturated heterocycles. The van der Waals surface area contributed by atoms with Gasteiger partial charge in [-0.1, -0.05) is 23.7 Å². The molecule has 1 aromatic carbocycles. The van der Waals surface area contributed by atoms with Crippen molar-refractivity contribution in [3.63, 3.8) is 0 Å². The van der Waals surface area contributed by atoms with Gasteiger partial charge in [-0.15, -0.1) is 0 Å². The van der Waals surface area contributed by atoms with Crippen molar-refractivity contribution in [2.24, 2.45) is 4.99 Å². The molecule has 120 valence electrons. The van der Waals surface area contributed by atoms with Gasteiger partial charge in [-0.25, -0.2) is 9.38 Å². The lowest BCUT2D eigenvalue weighted by atomic mass is 10.1. The van der Waals surface area contributed by atoms with E-state index in [-0.39, 0.29) is 11.2 Å². The Morgan fingerprint density at radius 3 is 2.52 bits per heavy atom. The second kappa shape index (κ2) is 6.92. The Balaban J connectivity index is 2.69. The van der Waals surface area contributed by atoms with Gasteiger partial charge in [0.1, 0.15) is 11.0 Å². The van der Waals surface area contributed by atoms with Crippen LogP contribution in [-0.4, -0.2) is 10.8 Å². The maximum atomic E-state index is 14.1. The molecular formula is C18H18ClFN2O. The van der Waals surface area contributed by atoms with Crippen LogP contribution in [0.2, 0.25) is 0 Å². The molecule has 1 aromatic heterocycles. The third kappa shape index (κ3) is 3.59. The molecule has 0 aliphatic heterocycles. The summed E-state index contributed by atoms with van der Waals surface area (Å²) in [5, 5.41) is 0.396. The molecule has 0 radical (unpaired) electrons. The smallest absolute Gasteiger partial charge is 0.255 e. The van der Waals surface area contributed by atoms with E-state index in [0.29, 0.717) is 10.9 Å². The van der Waals surface area contributed by atoms with Gasteiger partial charge >= 0.3 is 0 Å². The molecule has 3 nitrogen and oxygen atoms in total. The highest BCUT2D eigenvalue weighted by molar-refractivity contribution is 6.30. The molecular weight excluding hydrogens is 315 g/mol. The Labute approximate surface area is 139 Å². The lowest BCUT2D eigenvalue weighted by molar-refractivity contribution is 0.614. The molecule has 0 atom stereocenters. The summed E-state index contributed by atoms with van der Waals surface area (Å²) in [5.41, 5.74) is 2.95. The van der Waals surface area contributed by atoms with Crippen molar-refractivity contribution in [3.8, 4) is 5.69 Å². The summed E-state index contributed by atoms with van der Waals surface area (Å²) in [6.45, 7) is 7.30. The standard InChI is InChI=1S/C18H18ClFN2O/c1-11(2)18(19)21-10-14-12(3)9-17(23)22(13(14)4)16-8-6-5-7-15(16)20/h5-10H,1-4H3/b21-10-. The normalized spacial score (nSPS) is 11.0. The predicted molar refractivity (Wildman–Crippen MR) is 93.3 cm³/mol. The predicted octanol–water partition coefficient (Wildman–Crippen LogP) is 4.50. The van der Waals surface area contributed by atoms with E-state index in [1.54, 1.807) is 31.3 Å². The number of aromatic nitrogens is 1. The molecule has 23 heavy (non-hydrogen) atoms. The molecule has 0 bridgehead atoms. The van der Waals surface area contributed by atoms with Crippen LogP contribution in [-0.2, 0) is 0 Å². The number of aliphatic imine (C=N–C) groups is 1. The fraction of sp³-hybridized carbons (Fsp3) is 0.222. The highest BCUT2D eigenvalue weighted by atomic mass is 35.5. The van der Waals surface area contributed by atoms with E-state index in [2.05, 4.69) is 4.99 Å². The van der Waals surface area contributed by atoms with Crippen LogP contribution in [0.4, 0.5) is 4.39 Å². The van der Waals surface area contributed by atoms with Crippen molar-refractivity contribution >= 4 is 17.8 Å². The molecule has 0 unspecified atom stereocenters. The molecule has 0 amide bonds. The zero-order valence-electron chi connectivity index (χ0n) is 13.5. The van der Waals surface area contributed by atoms with Gasteiger partial charge in [0.25, 0.3) is 5.56 Å². The fourth-order valence-electron chi connectivity index (χ4n) is 2.28. The highest BCUT2D eigenvalue weighted by Gasteiger charge is 2.13. The SMILES string of the molecule is CC(C)=C(Cl)/N=C\c1c(C)cc(=O)n(-c2ccccc2F)c1C. The summed E-state index contributed by atoms with van der Waals surface area (Å²) >= 11 is 6.04. The molecule has 0 spiro atoms. The number of nitrogens with zero attached hydrogens (tertiary/aromatic N) is 2. The topological polar surface area (TPSA) is 34.4 Å². The molecule has 0 saturated carbocycles. The first-order valence-electron chi connectivity index (χ1n) is 7.18. The first kappa shape index (κ1) is 17.2. The van der Waals surface area contributed by atoms with E-state index >= 15 is 0 Å². The number of para-hydroxylation sites is 1. The number of hydrogen-bond donors (Lipinski definition) is 0. The van der Waals surface area contributed by atoms with Crippen LogP contribution in [0.15, 0.2) is 50.8 Å². The molecule has 2 rings (SSSR count). The average molecular weight is 333 g/mol. The van der Waals surface area contributed by atoms with Crippen molar-refractivity contribution in [3.05, 3.63) is 74.1 Å². The molecule has 2 aromatic rings. The third-order valence-corrected chi connectivity index (χ3v) is 4.00. The van der Waals surface area contributed by atoms with Gasteiger partial charge in [0.05, 0.1) is 5.69 Å². The Morgan fingerprint density at radius 2 is 1.91 bits per heavy atom. The number of benzene rings is 1. The number of rotatable bonds is 3. The zero-order valence-corrected chi connectivity index (χ0v) is 14.3.